The molecule has 0 aliphatic carbocycles. The van der Waals surface area contributed by atoms with Gasteiger partial charge in [0.15, 0.2) is 11.6 Å². The van der Waals surface area contributed by atoms with E-state index in [4.69, 9.17) is 4.52 Å². The van der Waals surface area contributed by atoms with Gasteiger partial charge >= 0.3 is 6.18 Å². The first-order valence-corrected chi connectivity index (χ1v) is 8.55. The first-order valence-electron chi connectivity index (χ1n) is 8.55. The number of nitrogens with one attached hydrogen (secondary N) is 2. The molecule has 1 unspecified atom stereocenters. The minimum Gasteiger partial charge on any atom is -0.373 e. The Kier molecular flexibility index (Phi) is 4.76. The molecule has 0 spiro atoms. The molecular weight excluding hydrogens is 389 g/mol. The van der Waals surface area contributed by atoms with E-state index in [0.717, 1.165) is 12.1 Å². The number of aliphatic hydroxyl groups excluding tert-OH is 1. The van der Waals surface area contributed by atoms with E-state index in [1.165, 1.54) is 18.6 Å². The molecule has 2 atom stereocenters. The van der Waals surface area contributed by atoms with Gasteiger partial charge in [-0.1, -0.05) is 5.16 Å². The van der Waals surface area contributed by atoms with Crippen LogP contribution in [-0.4, -0.2) is 30.2 Å². The molecule has 29 heavy (non-hydrogen) atoms. The Balaban J connectivity index is 1.54. The summed E-state index contributed by atoms with van der Waals surface area (Å²) in [6.45, 7) is 1.75. The second kappa shape index (κ2) is 7.26. The number of hydrogen-bond acceptors (Lipinski definition) is 7. The first kappa shape index (κ1) is 19.0. The number of imidazole rings is 1. The third-order valence-electron chi connectivity index (χ3n) is 4.30. The summed E-state index contributed by atoms with van der Waals surface area (Å²) in [5, 5.41) is 17.0. The van der Waals surface area contributed by atoms with Gasteiger partial charge in [-0.05, 0) is 31.2 Å². The molecule has 1 aromatic carbocycles. The van der Waals surface area contributed by atoms with Crippen molar-refractivity contribution in [3.8, 4) is 11.5 Å². The molecule has 0 saturated carbocycles. The summed E-state index contributed by atoms with van der Waals surface area (Å²) < 4.78 is 43.9. The van der Waals surface area contributed by atoms with Gasteiger partial charge in [-0.3, -0.25) is 5.32 Å². The monoisotopic (exact) mass is 404 g/mol. The third-order valence-corrected chi connectivity index (χ3v) is 4.30. The van der Waals surface area contributed by atoms with Crippen LogP contribution in [0.25, 0.3) is 22.6 Å². The van der Waals surface area contributed by atoms with Crippen molar-refractivity contribution in [2.45, 2.75) is 25.4 Å². The third kappa shape index (κ3) is 3.96. The van der Waals surface area contributed by atoms with Crippen molar-refractivity contribution >= 4 is 11.0 Å². The second-order valence-electron chi connectivity index (χ2n) is 6.35. The highest BCUT2D eigenvalue weighted by Crippen LogP contribution is 2.32. The number of H-pyrrole nitrogens is 1. The van der Waals surface area contributed by atoms with Gasteiger partial charge in [0.25, 0.3) is 0 Å². The minimum absolute atomic E-state index is 0.240. The van der Waals surface area contributed by atoms with E-state index in [9.17, 15) is 18.3 Å². The van der Waals surface area contributed by atoms with Crippen LogP contribution in [0.3, 0.4) is 0 Å². The van der Waals surface area contributed by atoms with Crippen molar-refractivity contribution in [3.05, 3.63) is 59.9 Å². The van der Waals surface area contributed by atoms with Gasteiger partial charge in [0.05, 0.1) is 28.3 Å². The summed E-state index contributed by atoms with van der Waals surface area (Å²) in [5.74, 6) is 0.683. The lowest BCUT2D eigenvalue weighted by Crippen LogP contribution is -2.24. The van der Waals surface area contributed by atoms with Crippen molar-refractivity contribution in [2.75, 3.05) is 0 Å². The Labute approximate surface area is 161 Å². The second-order valence-corrected chi connectivity index (χ2v) is 6.35. The first-order chi connectivity index (χ1) is 13.8. The van der Waals surface area contributed by atoms with Crippen molar-refractivity contribution in [1.29, 1.82) is 0 Å². The average Bonchev–Trinajstić information content (AvgIpc) is 3.34. The summed E-state index contributed by atoms with van der Waals surface area (Å²) in [5.41, 5.74) is 0.574. The SMILES string of the molecule is C[C@@H](NC(O)c1ccncn1)c1cc(-c2nc3ccc(C(F)(F)F)cc3[nH]2)no1. The fraction of sp³-hybridized carbons (Fsp3) is 0.222. The molecular formula is C18H15F3N6O2. The van der Waals surface area contributed by atoms with Crippen molar-refractivity contribution in [1.82, 2.24) is 30.4 Å². The molecule has 0 amide bonds. The number of aromatic amines is 1. The molecule has 0 fully saturated rings. The summed E-state index contributed by atoms with van der Waals surface area (Å²) >= 11 is 0. The number of hydrogen-bond donors (Lipinski definition) is 3. The normalized spacial score (nSPS) is 14.2. The van der Waals surface area contributed by atoms with Gasteiger partial charge in [-0.15, -0.1) is 0 Å². The van der Waals surface area contributed by atoms with Gasteiger partial charge in [-0.2, -0.15) is 13.2 Å². The lowest BCUT2D eigenvalue weighted by atomic mass is 10.2. The van der Waals surface area contributed by atoms with Crippen molar-refractivity contribution < 1.29 is 22.8 Å². The average molecular weight is 404 g/mol. The number of aliphatic hydroxyl groups is 1. The van der Waals surface area contributed by atoms with E-state index in [0.29, 0.717) is 22.7 Å². The topological polar surface area (TPSA) is 113 Å². The number of benzene rings is 1. The highest BCUT2D eigenvalue weighted by molar-refractivity contribution is 5.79. The molecule has 3 heterocycles. The Hall–Kier alpha value is -3.31. The van der Waals surface area contributed by atoms with Gasteiger partial charge in [0, 0.05) is 12.3 Å². The molecule has 4 rings (SSSR count). The molecule has 150 valence electrons. The minimum atomic E-state index is -4.44. The molecule has 4 aromatic rings. The van der Waals surface area contributed by atoms with Crippen LogP contribution in [-0.2, 0) is 6.18 Å². The van der Waals surface area contributed by atoms with Crippen molar-refractivity contribution in [3.63, 3.8) is 0 Å². The van der Waals surface area contributed by atoms with Gasteiger partial charge in [0.1, 0.15) is 18.2 Å². The quantitative estimate of drug-likeness (QED) is 0.437. The maximum atomic E-state index is 12.9. The number of nitrogens with zero attached hydrogens (tertiary/aromatic N) is 4. The van der Waals surface area contributed by atoms with E-state index in [-0.39, 0.29) is 11.3 Å². The summed E-state index contributed by atoms with van der Waals surface area (Å²) in [7, 11) is 0. The van der Waals surface area contributed by atoms with E-state index < -0.39 is 24.0 Å². The maximum Gasteiger partial charge on any atom is 0.416 e. The molecule has 0 aliphatic rings. The Morgan fingerprint density at radius 3 is 2.76 bits per heavy atom. The Morgan fingerprint density at radius 1 is 1.21 bits per heavy atom. The van der Waals surface area contributed by atoms with Crippen LogP contribution in [0.15, 0.2) is 47.4 Å². The Morgan fingerprint density at radius 2 is 2.03 bits per heavy atom. The Bertz CT molecular complexity index is 1130. The number of alkyl halides is 3. The fourth-order valence-electron chi connectivity index (χ4n) is 2.78. The van der Waals surface area contributed by atoms with E-state index in [2.05, 4.69) is 30.4 Å². The van der Waals surface area contributed by atoms with Crippen LogP contribution < -0.4 is 5.32 Å². The smallest absolute Gasteiger partial charge is 0.373 e. The predicted octanol–water partition coefficient (Wildman–Crippen LogP) is 3.37. The van der Waals surface area contributed by atoms with E-state index in [1.807, 2.05) is 0 Å². The van der Waals surface area contributed by atoms with Gasteiger partial charge in [0.2, 0.25) is 0 Å². The summed E-state index contributed by atoms with van der Waals surface area (Å²) in [6.07, 6.45) is -2.65. The highest BCUT2D eigenvalue weighted by Gasteiger charge is 2.30. The molecule has 0 aliphatic heterocycles. The standard InChI is InChI=1S/C18H15F3N6O2/c1-9(24-17(28)12-4-5-22-8-23-12)15-7-14(27-29-15)16-25-11-3-2-10(18(19,20)21)6-13(11)26-16/h2-9,17,24,28H,1H3,(H,25,26)/t9-,17?/m1/s1. The highest BCUT2D eigenvalue weighted by atomic mass is 19.4. The van der Waals surface area contributed by atoms with E-state index in [1.54, 1.807) is 19.1 Å². The number of halogens is 3. The lowest BCUT2D eigenvalue weighted by Gasteiger charge is -2.16. The summed E-state index contributed by atoms with van der Waals surface area (Å²) in [6, 6.07) is 5.99. The lowest BCUT2D eigenvalue weighted by molar-refractivity contribution is -0.137. The number of rotatable bonds is 5. The zero-order valence-electron chi connectivity index (χ0n) is 15.0. The molecule has 8 nitrogen and oxygen atoms in total. The van der Waals surface area contributed by atoms with Crippen LogP contribution in [0, 0.1) is 0 Å². The zero-order valence-corrected chi connectivity index (χ0v) is 15.0. The van der Waals surface area contributed by atoms with E-state index >= 15 is 0 Å². The van der Waals surface area contributed by atoms with Gasteiger partial charge in [-0.25, -0.2) is 15.0 Å². The number of aromatic nitrogens is 5. The van der Waals surface area contributed by atoms with Crippen LogP contribution in [0.2, 0.25) is 0 Å². The van der Waals surface area contributed by atoms with Crippen molar-refractivity contribution in [2.24, 2.45) is 0 Å². The largest absolute Gasteiger partial charge is 0.416 e. The molecule has 0 saturated heterocycles. The van der Waals surface area contributed by atoms with Crippen LogP contribution in [0.5, 0.6) is 0 Å². The molecule has 11 heteroatoms. The molecule has 3 N–H and O–H groups in total. The van der Waals surface area contributed by atoms with Gasteiger partial charge < -0.3 is 14.6 Å². The van der Waals surface area contributed by atoms with Crippen LogP contribution >= 0.6 is 0 Å². The summed E-state index contributed by atoms with van der Waals surface area (Å²) in [4.78, 5) is 14.8. The molecule has 0 radical (unpaired) electrons. The number of fused-ring (bicyclic) bond motifs is 1. The molecule has 0 bridgehead atoms. The predicted molar refractivity (Wildman–Crippen MR) is 95.1 cm³/mol. The van der Waals surface area contributed by atoms with Crippen LogP contribution in [0.1, 0.15) is 36.2 Å². The van der Waals surface area contributed by atoms with Crippen LogP contribution in [0.4, 0.5) is 13.2 Å². The molecule has 3 aromatic heterocycles. The maximum absolute atomic E-state index is 12.9. The fourth-order valence-corrected chi connectivity index (χ4v) is 2.78. The zero-order chi connectivity index (χ0) is 20.6.